The molecule has 0 bridgehead atoms. The average molecular weight is 139 g/mol. The number of hydrogen-bond acceptors (Lipinski definition) is 2. The van der Waals surface area contributed by atoms with Crippen LogP contribution in [-0.2, 0) is 4.74 Å². The van der Waals surface area contributed by atoms with Gasteiger partial charge >= 0.3 is 0 Å². The molecule has 2 N–H and O–H groups in total. The average Bonchev–Trinajstić information content (AvgIpc) is 1.98. The molecule has 2 heteroatoms. The van der Waals surface area contributed by atoms with Gasteiger partial charge in [-0.1, -0.05) is 24.8 Å². The zero-order valence-corrected chi connectivity index (χ0v) is 6.42. The van der Waals surface area contributed by atoms with Crippen LogP contribution < -0.4 is 5.73 Å². The second-order valence-electron chi connectivity index (χ2n) is 1.85. The number of ether oxygens (including phenoxy) is 1. The van der Waals surface area contributed by atoms with Gasteiger partial charge in [0.2, 0.25) is 0 Å². The fourth-order valence-corrected chi connectivity index (χ4v) is 0.455. The summed E-state index contributed by atoms with van der Waals surface area (Å²) in [5.74, 6) is 0.443. The summed E-state index contributed by atoms with van der Waals surface area (Å²) in [4.78, 5) is 0. The highest BCUT2D eigenvalue weighted by Gasteiger charge is 1.89. The van der Waals surface area contributed by atoms with Crippen LogP contribution in [0, 0.1) is 0 Å². The summed E-state index contributed by atoms with van der Waals surface area (Å²) < 4.78 is 4.78. The first kappa shape index (κ1) is 8.82. The lowest BCUT2D eigenvalue weighted by atomic mass is 10.3. The van der Waals surface area contributed by atoms with Gasteiger partial charge in [0.25, 0.3) is 0 Å². The molecule has 0 aromatic rings. The molecule has 0 radical (unpaired) electrons. The Bertz CT molecular complexity index is 168. The molecule has 0 atom stereocenters. The molecule has 0 unspecified atom stereocenters. The second-order valence-corrected chi connectivity index (χ2v) is 1.85. The van der Waals surface area contributed by atoms with Crippen LogP contribution in [-0.4, -0.2) is 7.11 Å². The van der Waals surface area contributed by atoms with Crippen LogP contribution in [0.15, 0.2) is 36.3 Å². The van der Waals surface area contributed by atoms with E-state index >= 15 is 0 Å². The van der Waals surface area contributed by atoms with Gasteiger partial charge in [0, 0.05) is 5.57 Å². The minimum Gasteiger partial charge on any atom is -0.482 e. The smallest absolute Gasteiger partial charge is 0.186 e. The molecular formula is C8H13NO. The summed E-state index contributed by atoms with van der Waals surface area (Å²) in [6.07, 6.45) is 5.33. The van der Waals surface area contributed by atoms with E-state index in [1.54, 1.807) is 19.3 Å². The molecule has 0 aromatic heterocycles. The molecule has 0 aliphatic carbocycles. The van der Waals surface area contributed by atoms with Crippen molar-refractivity contribution in [2.45, 2.75) is 6.92 Å². The predicted molar refractivity (Wildman–Crippen MR) is 43.2 cm³/mol. The van der Waals surface area contributed by atoms with E-state index in [-0.39, 0.29) is 0 Å². The Kier molecular flexibility index (Phi) is 4.12. The number of methoxy groups -OCH3 is 1. The van der Waals surface area contributed by atoms with Crippen molar-refractivity contribution >= 4 is 0 Å². The third kappa shape index (κ3) is 2.97. The largest absolute Gasteiger partial charge is 0.482 e. The molecule has 0 amide bonds. The van der Waals surface area contributed by atoms with Crippen molar-refractivity contribution in [3.63, 3.8) is 0 Å². The van der Waals surface area contributed by atoms with E-state index in [0.717, 1.165) is 5.57 Å². The molecule has 56 valence electrons. The normalized spacial score (nSPS) is 13.0. The van der Waals surface area contributed by atoms with Crippen LogP contribution in [0.2, 0.25) is 0 Å². The standard InChI is InChI=1S/C8H13NO/c1-4-5-6-7(2)8(9)10-3/h4-6H,1,9H2,2-3H3/b6-5-,8-7+. The van der Waals surface area contributed by atoms with Crippen molar-refractivity contribution in [2.75, 3.05) is 7.11 Å². The van der Waals surface area contributed by atoms with E-state index in [4.69, 9.17) is 10.5 Å². The molecule has 10 heavy (non-hydrogen) atoms. The predicted octanol–water partition coefficient (Wildman–Crippen LogP) is 1.57. The van der Waals surface area contributed by atoms with E-state index in [1.807, 2.05) is 13.0 Å². The van der Waals surface area contributed by atoms with Crippen LogP contribution in [0.25, 0.3) is 0 Å². The molecule has 0 aliphatic rings. The van der Waals surface area contributed by atoms with Crippen LogP contribution in [0.3, 0.4) is 0 Å². The summed E-state index contributed by atoms with van der Waals surface area (Å²) >= 11 is 0. The van der Waals surface area contributed by atoms with E-state index < -0.39 is 0 Å². The molecule has 0 saturated heterocycles. The molecule has 0 aromatic carbocycles. The van der Waals surface area contributed by atoms with Crippen molar-refractivity contribution in [1.29, 1.82) is 0 Å². The van der Waals surface area contributed by atoms with E-state index in [9.17, 15) is 0 Å². The minimum absolute atomic E-state index is 0.443. The van der Waals surface area contributed by atoms with Gasteiger partial charge in [-0.3, -0.25) is 0 Å². The molecule has 0 spiro atoms. The molecule has 0 fully saturated rings. The van der Waals surface area contributed by atoms with Crippen LogP contribution in [0.5, 0.6) is 0 Å². The topological polar surface area (TPSA) is 35.2 Å². The first-order valence-corrected chi connectivity index (χ1v) is 3.01. The lowest BCUT2D eigenvalue weighted by Crippen LogP contribution is -2.01. The summed E-state index contributed by atoms with van der Waals surface area (Å²) in [6.45, 7) is 5.40. The Balaban J connectivity index is 4.17. The fraction of sp³-hybridized carbons (Fsp3) is 0.250. The summed E-state index contributed by atoms with van der Waals surface area (Å²) in [7, 11) is 1.54. The van der Waals surface area contributed by atoms with Gasteiger partial charge in [-0.05, 0) is 6.92 Å². The lowest BCUT2D eigenvalue weighted by Gasteiger charge is -1.99. The number of allylic oxidation sites excluding steroid dienone is 4. The lowest BCUT2D eigenvalue weighted by molar-refractivity contribution is 0.284. The van der Waals surface area contributed by atoms with Crippen molar-refractivity contribution in [2.24, 2.45) is 5.73 Å². The van der Waals surface area contributed by atoms with E-state index in [0.29, 0.717) is 5.88 Å². The Hall–Kier alpha value is -1.18. The maximum atomic E-state index is 5.43. The first-order chi connectivity index (χ1) is 4.72. The minimum atomic E-state index is 0.443. The molecule has 0 rings (SSSR count). The third-order valence-corrected chi connectivity index (χ3v) is 1.09. The monoisotopic (exact) mass is 139 g/mol. The summed E-state index contributed by atoms with van der Waals surface area (Å²) in [6, 6.07) is 0. The fourth-order valence-electron chi connectivity index (χ4n) is 0.455. The van der Waals surface area contributed by atoms with Crippen molar-refractivity contribution in [3.8, 4) is 0 Å². The van der Waals surface area contributed by atoms with Crippen LogP contribution in [0.1, 0.15) is 6.92 Å². The van der Waals surface area contributed by atoms with Crippen LogP contribution in [0.4, 0.5) is 0 Å². The van der Waals surface area contributed by atoms with Crippen molar-refractivity contribution < 1.29 is 4.74 Å². The van der Waals surface area contributed by atoms with Gasteiger partial charge in [-0.15, -0.1) is 0 Å². The number of nitrogens with two attached hydrogens (primary N) is 1. The third-order valence-electron chi connectivity index (χ3n) is 1.09. The molecular weight excluding hydrogens is 126 g/mol. The zero-order valence-electron chi connectivity index (χ0n) is 6.42. The van der Waals surface area contributed by atoms with Gasteiger partial charge in [-0.25, -0.2) is 0 Å². The van der Waals surface area contributed by atoms with Crippen LogP contribution >= 0.6 is 0 Å². The van der Waals surface area contributed by atoms with Crippen molar-refractivity contribution in [3.05, 3.63) is 36.3 Å². The van der Waals surface area contributed by atoms with Crippen molar-refractivity contribution in [1.82, 2.24) is 0 Å². The highest BCUT2D eigenvalue weighted by atomic mass is 16.5. The maximum absolute atomic E-state index is 5.43. The SMILES string of the molecule is C=C/C=C\C(C)=C(/N)OC. The highest BCUT2D eigenvalue weighted by molar-refractivity contribution is 5.20. The Labute approximate surface area is 61.7 Å². The number of rotatable bonds is 3. The second kappa shape index (κ2) is 4.68. The molecule has 0 aliphatic heterocycles. The van der Waals surface area contributed by atoms with E-state index in [2.05, 4.69) is 6.58 Å². The Morgan fingerprint density at radius 3 is 2.60 bits per heavy atom. The summed E-state index contributed by atoms with van der Waals surface area (Å²) in [5, 5.41) is 0. The van der Waals surface area contributed by atoms with E-state index in [1.165, 1.54) is 0 Å². The van der Waals surface area contributed by atoms with Gasteiger partial charge in [0.15, 0.2) is 5.88 Å². The zero-order chi connectivity index (χ0) is 7.98. The maximum Gasteiger partial charge on any atom is 0.186 e. The summed E-state index contributed by atoms with van der Waals surface area (Å²) in [5.41, 5.74) is 6.33. The molecule has 0 heterocycles. The Morgan fingerprint density at radius 2 is 2.20 bits per heavy atom. The van der Waals surface area contributed by atoms with Gasteiger partial charge in [-0.2, -0.15) is 0 Å². The highest BCUT2D eigenvalue weighted by Crippen LogP contribution is 1.99. The van der Waals surface area contributed by atoms with Gasteiger partial charge < -0.3 is 10.5 Å². The quantitative estimate of drug-likeness (QED) is 0.475. The Morgan fingerprint density at radius 1 is 1.60 bits per heavy atom. The first-order valence-electron chi connectivity index (χ1n) is 3.01. The number of hydrogen-bond donors (Lipinski definition) is 1. The van der Waals surface area contributed by atoms with Gasteiger partial charge in [0.05, 0.1) is 7.11 Å². The van der Waals surface area contributed by atoms with Gasteiger partial charge in [0.1, 0.15) is 0 Å². The molecule has 2 nitrogen and oxygen atoms in total. The molecule has 0 saturated carbocycles.